The molecular formula is C8H13Br2I. The Morgan fingerprint density at radius 3 is 2.27 bits per heavy atom. The number of rotatable bonds is 4. The zero-order chi connectivity index (χ0) is 8.85. The summed E-state index contributed by atoms with van der Waals surface area (Å²) in [7, 11) is 0. The molecule has 0 nitrogen and oxygen atoms in total. The Bertz CT molecular complexity index is 128. The van der Waals surface area contributed by atoms with E-state index >= 15 is 0 Å². The lowest BCUT2D eigenvalue weighted by Crippen LogP contribution is -2.05. The van der Waals surface area contributed by atoms with E-state index in [9.17, 15) is 0 Å². The van der Waals surface area contributed by atoms with Gasteiger partial charge in [-0.1, -0.05) is 42.5 Å². The molecule has 0 radical (unpaired) electrons. The molecule has 0 aliphatic rings. The van der Waals surface area contributed by atoms with Crippen LogP contribution in [0.1, 0.15) is 20.3 Å². The SMILES string of the molecule is CC(C)[C@@H](C=C(Br)Br)CCI. The summed E-state index contributed by atoms with van der Waals surface area (Å²) in [6.07, 6.45) is 3.50. The first-order valence-corrected chi connectivity index (χ1v) is 6.78. The van der Waals surface area contributed by atoms with Gasteiger partial charge in [-0.3, -0.25) is 0 Å². The van der Waals surface area contributed by atoms with E-state index < -0.39 is 0 Å². The van der Waals surface area contributed by atoms with Gasteiger partial charge in [0.05, 0.1) is 3.39 Å². The normalized spacial score (nSPS) is 13.3. The fraction of sp³-hybridized carbons (Fsp3) is 0.750. The van der Waals surface area contributed by atoms with Crippen LogP contribution < -0.4 is 0 Å². The molecule has 0 bridgehead atoms. The topological polar surface area (TPSA) is 0 Å². The van der Waals surface area contributed by atoms with E-state index in [1.165, 1.54) is 10.8 Å². The highest BCUT2D eigenvalue weighted by Gasteiger charge is 2.09. The fourth-order valence-electron chi connectivity index (χ4n) is 0.897. The molecule has 3 heteroatoms. The van der Waals surface area contributed by atoms with Crippen molar-refractivity contribution in [3.8, 4) is 0 Å². The quantitative estimate of drug-likeness (QED) is 0.477. The zero-order valence-electron chi connectivity index (χ0n) is 6.78. The minimum atomic E-state index is 0.695. The second-order valence-corrected chi connectivity index (χ2v) is 6.69. The van der Waals surface area contributed by atoms with Crippen molar-refractivity contribution >= 4 is 54.5 Å². The summed E-state index contributed by atoms with van der Waals surface area (Å²) >= 11 is 9.20. The molecule has 0 saturated carbocycles. The lowest BCUT2D eigenvalue weighted by molar-refractivity contribution is 0.458. The van der Waals surface area contributed by atoms with E-state index in [-0.39, 0.29) is 0 Å². The highest BCUT2D eigenvalue weighted by molar-refractivity contribution is 14.1. The van der Waals surface area contributed by atoms with Crippen LogP contribution in [0.4, 0.5) is 0 Å². The second kappa shape index (κ2) is 6.89. The molecular weight excluding hydrogens is 383 g/mol. The molecule has 11 heavy (non-hydrogen) atoms. The summed E-state index contributed by atoms with van der Waals surface area (Å²) in [4.78, 5) is 0. The Balaban J connectivity index is 4.00. The van der Waals surface area contributed by atoms with Crippen LogP contribution in [0.5, 0.6) is 0 Å². The summed E-state index contributed by atoms with van der Waals surface area (Å²) in [5.74, 6) is 1.43. The second-order valence-electron chi connectivity index (χ2n) is 2.84. The lowest BCUT2D eigenvalue weighted by atomic mass is 9.94. The molecule has 0 heterocycles. The predicted molar refractivity (Wildman–Crippen MR) is 67.8 cm³/mol. The molecule has 0 aromatic heterocycles. The van der Waals surface area contributed by atoms with Crippen LogP contribution in [0.15, 0.2) is 9.47 Å². The highest BCUT2D eigenvalue weighted by atomic mass is 127. The molecule has 0 rings (SSSR count). The van der Waals surface area contributed by atoms with Gasteiger partial charge in [-0.15, -0.1) is 0 Å². The largest absolute Gasteiger partial charge is 0.0864 e. The fourth-order valence-corrected chi connectivity index (χ4v) is 2.30. The molecule has 0 amide bonds. The molecule has 1 atom stereocenters. The zero-order valence-corrected chi connectivity index (χ0v) is 12.1. The smallest absolute Gasteiger partial charge is 0.0567 e. The Kier molecular flexibility index (Phi) is 7.79. The molecule has 0 aliphatic heterocycles. The van der Waals surface area contributed by atoms with Gasteiger partial charge in [0.2, 0.25) is 0 Å². The van der Waals surface area contributed by atoms with Gasteiger partial charge < -0.3 is 0 Å². The van der Waals surface area contributed by atoms with Crippen molar-refractivity contribution in [1.82, 2.24) is 0 Å². The van der Waals surface area contributed by atoms with Gasteiger partial charge in [0.25, 0.3) is 0 Å². The van der Waals surface area contributed by atoms with E-state index in [4.69, 9.17) is 0 Å². The van der Waals surface area contributed by atoms with Crippen LogP contribution in [-0.4, -0.2) is 4.43 Å². The number of hydrogen-bond acceptors (Lipinski definition) is 0. The van der Waals surface area contributed by atoms with E-state index in [0.29, 0.717) is 5.92 Å². The number of alkyl halides is 1. The maximum Gasteiger partial charge on any atom is 0.0567 e. The van der Waals surface area contributed by atoms with E-state index in [2.05, 4.69) is 74.4 Å². The third-order valence-corrected chi connectivity index (χ3v) is 2.79. The van der Waals surface area contributed by atoms with Crippen LogP contribution >= 0.6 is 54.5 Å². The Morgan fingerprint density at radius 1 is 1.45 bits per heavy atom. The maximum absolute atomic E-state index is 3.39. The first-order chi connectivity index (χ1) is 5.07. The van der Waals surface area contributed by atoms with Gasteiger partial charge in [0.1, 0.15) is 0 Å². The Labute approximate surface area is 99.6 Å². The molecule has 0 N–H and O–H groups in total. The molecule has 0 unspecified atom stereocenters. The van der Waals surface area contributed by atoms with E-state index in [1.807, 2.05) is 0 Å². The van der Waals surface area contributed by atoms with Crippen molar-refractivity contribution in [3.63, 3.8) is 0 Å². The maximum atomic E-state index is 3.39. The number of allylic oxidation sites excluding steroid dienone is 1. The summed E-state index contributed by atoms with van der Waals surface area (Å²) in [6, 6.07) is 0. The Hall–Kier alpha value is 1.43. The average molecular weight is 396 g/mol. The van der Waals surface area contributed by atoms with Gasteiger partial charge in [-0.05, 0) is 50.1 Å². The molecule has 0 fully saturated rings. The van der Waals surface area contributed by atoms with Crippen LogP contribution in [0.3, 0.4) is 0 Å². The molecule has 0 aromatic rings. The van der Waals surface area contributed by atoms with Crippen molar-refractivity contribution in [1.29, 1.82) is 0 Å². The highest BCUT2D eigenvalue weighted by Crippen LogP contribution is 2.24. The third kappa shape index (κ3) is 6.58. The van der Waals surface area contributed by atoms with Gasteiger partial charge in [-0.2, -0.15) is 0 Å². The summed E-state index contributed by atoms with van der Waals surface area (Å²) in [6.45, 7) is 4.52. The van der Waals surface area contributed by atoms with Crippen molar-refractivity contribution < 1.29 is 0 Å². The van der Waals surface area contributed by atoms with Crippen molar-refractivity contribution in [3.05, 3.63) is 9.47 Å². The Morgan fingerprint density at radius 2 is 2.00 bits per heavy atom. The van der Waals surface area contributed by atoms with Gasteiger partial charge in [0, 0.05) is 4.43 Å². The van der Waals surface area contributed by atoms with Gasteiger partial charge >= 0.3 is 0 Å². The summed E-state index contributed by atoms with van der Waals surface area (Å²) in [5.41, 5.74) is 0. The average Bonchev–Trinajstić information content (AvgIpc) is 1.86. The molecule has 0 aliphatic carbocycles. The molecule has 0 saturated heterocycles. The van der Waals surface area contributed by atoms with Crippen LogP contribution in [0, 0.1) is 11.8 Å². The van der Waals surface area contributed by atoms with Crippen molar-refractivity contribution in [2.24, 2.45) is 11.8 Å². The van der Waals surface area contributed by atoms with Crippen molar-refractivity contribution in [2.45, 2.75) is 20.3 Å². The van der Waals surface area contributed by atoms with Gasteiger partial charge in [-0.25, -0.2) is 0 Å². The summed E-state index contributed by atoms with van der Waals surface area (Å²) < 4.78 is 2.30. The lowest BCUT2D eigenvalue weighted by Gasteiger charge is -2.15. The van der Waals surface area contributed by atoms with Crippen molar-refractivity contribution in [2.75, 3.05) is 4.43 Å². The number of hydrogen-bond donors (Lipinski definition) is 0. The number of halogens is 3. The molecule has 0 spiro atoms. The van der Waals surface area contributed by atoms with Crippen LogP contribution in [0.25, 0.3) is 0 Å². The third-order valence-electron chi connectivity index (χ3n) is 1.64. The van der Waals surface area contributed by atoms with Crippen LogP contribution in [-0.2, 0) is 0 Å². The first-order valence-electron chi connectivity index (χ1n) is 3.66. The summed E-state index contributed by atoms with van der Waals surface area (Å²) in [5, 5.41) is 0. The molecule has 66 valence electrons. The minimum absolute atomic E-state index is 0.695. The standard InChI is InChI=1S/C8H13Br2I/c1-6(2)7(3-4-11)5-8(9)10/h5-7H,3-4H2,1-2H3/t7-/m1/s1. The monoisotopic (exact) mass is 394 g/mol. The van der Waals surface area contributed by atoms with Crippen LogP contribution in [0.2, 0.25) is 0 Å². The molecule has 0 aromatic carbocycles. The minimum Gasteiger partial charge on any atom is -0.0864 e. The van der Waals surface area contributed by atoms with E-state index in [0.717, 1.165) is 9.31 Å². The van der Waals surface area contributed by atoms with E-state index in [1.54, 1.807) is 0 Å². The predicted octanol–water partition coefficient (Wildman–Crippen LogP) is 4.71. The first kappa shape index (κ1) is 12.4. The van der Waals surface area contributed by atoms with Gasteiger partial charge in [0.15, 0.2) is 0 Å².